The number of nitrogens with one attached hydrogen (secondary N) is 3. The summed E-state index contributed by atoms with van der Waals surface area (Å²) < 4.78 is 22.6. The molecule has 3 N–H and O–H groups in total. The third-order valence-electron chi connectivity index (χ3n) is 9.11. The standard InChI is InChI=1S/C40H26N6O7/c1-43-40(49)46(24-4-6-32-30(12-24)38(47)34(52-32)10-22-18-44-36-20(16-41)8-26(50-2)14-28(22)36)25-5-7-33-31(13-25)39(48)35(53-33)11-23-19-45-37-21(17-42)9-27(51-3)15-29(23)37/h4-15,18-19,44-45H,1-3H3,(H,43,49). The van der Waals surface area contributed by atoms with Crippen molar-refractivity contribution in [3.8, 4) is 35.1 Å². The van der Waals surface area contributed by atoms with Gasteiger partial charge in [0, 0.05) is 53.5 Å². The number of aromatic nitrogens is 2. The smallest absolute Gasteiger partial charge is 0.326 e. The number of anilines is 2. The molecule has 4 aromatic carbocycles. The molecule has 258 valence electrons. The van der Waals surface area contributed by atoms with E-state index >= 15 is 0 Å². The first-order valence-electron chi connectivity index (χ1n) is 16.1. The summed E-state index contributed by atoms with van der Waals surface area (Å²) in [6, 6.07) is 20.1. The van der Waals surface area contributed by atoms with Crippen molar-refractivity contribution in [2.24, 2.45) is 0 Å². The molecule has 0 atom stereocenters. The SMILES string of the molecule is CNC(=O)N(c1ccc2c(c1)C(=O)C(=Cc1c[nH]c3c(C#N)cc(OC)cc13)O2)c1ccc2c(c1)C(=O)C(=Cc1c[nH]c3c(C#N)cc(OC)cc13)O2. The third kappa shape index (κ3) is 5.28. The van der Waals surface area contributed by atoms with Crippen LogP contribution in [0.5, 0.6) is 23.0 Å². The molecule has 2 aromatic heterocycles. The summed E-state index contributed by atoms with van der Waals surface area (Å²) in [5.41, 5.74) is 4.38. The highest BCUT2D eigenvalue weighted by atomic mass is 16.5. The Morgan fingerprint density at radius 1 is 0.736 bits per heavy atom. The molecular formula is C40H26N6O7. The van der Waals surface area contributed by atoms with Crippen LogP contribution in [0.15, 0.2) is 84.6 Å². The topological polar surface area (TPSA) is 183 Å². The Morgan fingerprint density at radius 2 is 1.19 bits per heavy atom. The fourth-order valence-electron chi connectivity index (χ4n) is 6.51. The summed E-state index contributed by atoms with van der Waals surface area (Å²) in [5, 5.41) is 23.2. The summed E-state index contributed by atoms with van der Waals surface area (Å²) >= 11 is 0. The van der Waals surface area contributed by atoms with E-state index in [4.69, 9.17) is 18.9 Å². The molecule has 13 heteroatoms. The molecule has 6 aromatic rings. The number of aromatic amines is 2. The van der Waals surface area contributed by atoms with Gasteiger partial charge in [-0.25, -0.2) is 4.79 Å². The van der Waals surface area contributed by atoms with E-state index in [9.17, 15) is 24.9 Å². The van der Waals surface area contributed by atoms with Crippen molar-refractivity contribution in [1.82, 2.24) is 15.3 Å². The summed E-state index contributed by atoms with van der Waals surface area (Å²) in [6.45, 7) is 0. The van der Waals surface area contributed by atoms with Gasteiger partial charge in [0.05, 0.1) is 58.9 Å². The number of nitriles is 2. The largest absolute Gasteiger partial charge is 0.497 e. The van der Waals surface area contributed by atoms with Crippen LogP contribution in [0.25, 0.3) is 34.0 Å². The molecule has 0 bridgehead atoms. The lowest BCUT2D eigenvalue weighted by Gasteiger charge is -2.23. The number of urea groups is 1. The number of benzene rings is 4. The lowest BCUT2D eigenvalue weighted by molar-refractivity contribution is 0.101. The maximum absolute atomic E-state index is 13.7. The highest BCUT2D eigenvalue weighted by molar-refractivity contribution is 6.17. The summed E-state index contributed by atoms with van der Waals surface area (Å²) in [5.74, 6) is 0.910. The Bertz CT molecular complexity index is 2560. The first-order chi connectivity index (χ1) is 25.7. The summed E-state index contributed by atoms with van der Waals surface area (Å²) in [7, 11) is 4.49. The van der Waals surface area contributed by atoms with Crippen LogP contribution in [-0.2, 0) is 0 Å². The number of allylic oxidation sites excluding steroid dienone is 2. The van der Waals surface area contributed by atoms with Crippen LogP contribution in [0.4, 0.5) is 16.2 Å². The van der Waals surface area contributed by atoms with Gasteiger partial charge in [-0.15, -0.1) is 0 Å². The van der Waals surface area contributed by atoms with Gasteiger partial charge in [0.1, 0.15) is 35.1 Å². The highest BCUT2D eigenvalue weighted by Crippen LogP contribution is 2.41. The fourth-order valence-corrected chi connectivity index (χ4v) is 6.51. The third-order valence-corrected chi connectivity index (χ3v) is 9.11. The van der Waals surface area contributed by atoms with Crippen molar-refractivity contribution >= 4 is 62.9 Å². The maximum Gasteiger partial charge on any atom is 0.326 e. The average Bonchev–Trinajstić information content (AvgIpc) is 3.95. The maximum atomic E-state index is 13.7. The van der Waals surface area contributed by atoms with E-state index in [2.05, 4.69) is 27.4 Å². The van der Waals surface area contributed by atoms with E-state index in [0.717, 1.165) is 0 Å². The number of H-pyrrole nitrogens is 2. The van der Waals surface area contributed by atoms with Crippen molar-refractivity contribution in [3.05, 3.63) is 118 Å². The zero-order chi connectivity index (χ0) is 37.0. The van der Waals surface area contributed by atoms with Crippen molar-refractivity contribution in [2.75, 3.05) is 26.2 Å². The van der Waals surface area contributed by atoms with Crippen LogP contribution in [0, 0.1) is 22.7 Å². The zero-order valence-electron chi connectivity index (χ0n) is 28.3. The molecule has 0 saturated heterocycles. The number of carbonyl (C=O) groups excluding carboxylic acids is 3. The van der Waals surface area contributed by atoms with Gasteiger partial charge in [0.2, 0.25) is 11.6 Å². The number of hydrogen-bond acceptors (Lipinski definition) is 9. The molecule has 0 saturated carbocycles. The van der Waals surface area contributed by atoms with E-state index in [1.54, 1.807) is 85.2 Å². The van der Waals surface area contributed by atoms with E-state index < -0.39 is 17.6 Å². The van der Waals surface area contributed by atoms with Crippen molar-refractivity contribution < 1.29 is 33.3 Å². The molecule has 0 unspecified atom stereocenters. The lowest BCUT2D eigenvalue weighted by Crippen LogP contribution is -2.34. The van der Waals surface area contributed by atoms with E-state index in [0.29, 0.717) is 78.4 Å². The normalized spacial score (nSPS) is 14.4. The Labute approximate surface area is 300 Å². The van der Waals surface area contributed by atoms with E-state index in [1.165, 1.54) is 26.2 Å². The number of carbonyl (C=O) groups is 3. The Morgan fingerprint density at radius 3 is 1.58 bits per heavy atom. The predicted molar refractivity (Wildman–Crippen MR) is 194 cm³/mol. The van der Waals surface area contributed by atoms with Gasteiger partial charge in [-0.05, 0) is 60.7 Å². The molecule has 0 aliphatic carbocycles. The minimum Gasteiger partial charge on any atom is -0.497 e. The number of nitrogens with zero attached hydrogens (tertiary/aromatic N) is 3. The summed E-state index contributed by atoms with van der Waals surface area (Å²) in [4.78, 5) is 48.2. The number of ketones is 2. The van der Waals surface area contributed by atoms with Gasteiger partial charge in [-0.3, -0.25) is 14.5 Å². The van der Waals surface area contributed by atoms with Crippen molar-refractivity contribution in [3.63, 3.8) is 0 Å². The molecule has 2 amide bonds. The van der Waals surface area contributed by atoms with Crippen LogP contribution in [-0.4, -0.2) is 48.8 Å². The highest BCUT2D eigenvalue weighted by Gasteiger charge is 2.32. The molecule has 2 aliphatic heterocycles. The monoisotopic (exact) mass is 702 g/mol. The molecule has 53 heavy (non-hydrogen) atoms. The number of Topliss-reactive ketones (excluding diaryl/α,β-unsaturated/α-hetero) is 2. The minimum absolute atomic E-state index is 0.0583. The fraction of sp³-hybridized carbons (Fsp3) is 0.0750. The first kappa shape index (κ1) is 32.4. The number of methoxy groups -OCH3 is 2. The van der Waals surface area contributed by atoms with Gasteiger partial charge in [-0.2, -0.15) is 10.5 Å². The van der Waals surface area contributed by atoms with Gasteiger partial charge in [-0.1, -0.05) is 0 Å². The van der Waals surface area contributed by atoms with Gasteiger partial charge in [0.15, 0.2) is 11.5 Å². The van der Waals surface area contributed by atoms with Crippen LogP contribution in [0.2, 0.25) is 0 Å². The predicted octanol–water partition coefficient (Wildman–Crippen LogP) is 7.12. The number of hydrogen-bond donors (Lipinski definition) is 3. The quantitative estimate of drug-likeness (QED) is 0.152. The molecule has 2 aliphatic rings. The minimum atomic E-state index is -0.517. The second-order valence-electron chi connectivity index (χ2n) is 12.0. The van der Waals surface area contributed by atoms with Crippen molar-refractivity contribution in [2.45, 2.75) is 0 Å². The first-order valence-corrected chi connectivity index (χ1v) is 16.1. The molecule has 0 radical (unpaired) electrons. The number of rotatable bonds is 6. The Balaban J connectivity index is 1.11. The molecule has 8 rings (SSSR count). The molecule has 4 heterocycles. The van der Waals surface area contributed by atoms with Crippen LogP contribution in [0.3, 0.4) is 0 Å². The molecule has 0 fully saturated rings. The van der Waals surface area contributed by atoms with Gasteiger partial charge >= 0.3 is 6.03 Å². The average molecular weight is 703 g/mol. The van der Waals surface area contributed by atoms with E-state index in [-0.39, 0.29) is 22.6 Å². The lowest BCUT2D eigenvalue weighted by atomic mass is 10.0. The van der Waals surface area contributed by atoms with Crippen molar-refractivity contribution in [1.29, 1.82) is 10.5 Å². The molecule has 0 spiro atoms. The van der Waals surface area contributed by atoms with Gasteiger partial charge < -0.3 is 34.2 Å². The zero-order valence-corrected chi connectivity index (χ0v) is 28.3. The van der Waals surface area contributed by atoms with Gasteiger partial charge in [0.25, 0.3) is 0 Å². The van der Waals surface area contributed by atoms with Crippen LogP contribution < -0.4 is 29.2 Å². The van der Waals surface area contributed by atoms with Crippen LogP contribution in [0.1, 0.15) is 43.0 Å². The second-order valence-corrected chi connectivity index (χ2v) is 12.0. The number of amides is 2. The van der Waals surface area contributed by atoms with Crippen LogP contribution >= 0.6 is 0 Å². The number of fused-ring (bicyclic) bond motifs is 4. The summed E-state index contributed by atoms with van der Waals surface area (Å²) in [6.07, 6.45) is 6.53. The molecular weight excluding hydrogens is 676 g/mol. The Kier molecular flexibility index (Phi) is 7.67. The Hall–Kier alpha value is -7.77. The van der Waals surface area contributed by atoms with E-state index in [1.807, 2.05) is 0 Å². The number of ether oxygens (including phenoxy) is 4. The second kappa shape index (κ2) is 12.5. The molecule has 13 nitrogen and oxygen atoms in total.